The lowest BCUT2D eigenvalue weighted by Gasteiger charge is -1.98. The van der Waals surface area contributed by atoms with Gasteiger partial charge in [0.25, 0.3) is 0 Å². The van der Waals surface area contributed by atoms with E-state index >= 15 is 0 Å². The Bertz CT molecular complexity index is 108. The molecule has 0 N–H and O–H groups in total. The number of rotatable bonds is 3. The van der Waals surface area contributed by atoms with Crippen LogP contribution in [0, 0.1) is 0 Å². The van der Waals surface area contributed by atoms with Crippen molar-refractivity contribution in [3.63, 3.8) is 0 Å². The summed E-state index contributed by atoms with van der Waals surface area (Å²) in [6.07, 6.45) is 5.65. The molecule has 2 nitrogen and oxygen atoms in total. The van der Waals surface area contributed by atoms with Crippen molar-refractivity contribution < 1.29 is 4.79 Å². The van der Waals surface area contributed by atoms with Crippen molar-refractivity contribution >= 4 is 6.41 Å². The van der Waals surface area contributed by atoms with Gasteiger partial charge in [-0.15, -0.1) is 0 Å². The van der Waals surface area contributed by atoms with Gasteiger partial charge in [-0.2, -0.15) is 0 Å². The smallest absolute Gasteiger partial charge is 0.213 e. The number of carbonyl (C=O) groups is 1. The molecule has 0 rings (SSSR count). The van der Waals surface area contributed by atoms with Gasteiger partial charge in [-0.3, -0.25) is 4.79 Å². The second-order valence-electron chi connectivity index (χ2n) is 1.35. The van der Waals surface area contributed by atoms with Crippen molar-refractivity contribution in [3.8, 4) is 0 Å². The quantitative estimate of drug-likeness (QED) is 0.433. The summed E-state index contributed by atoms with van der Waals surface area (Å²) >= 11 is 0. The molecule has 0 radical (unpaired) electrons. The van der Waals surface area contributed by atoms with E-state index in [1.165, 1.54) is 4.90 Å². The van der Waals surface area contributed by atoms with E-state index in [1.54, 1.807) is 25.4 Å². The molecule has 0 heterocycles. The van der Waals surface area contributed by atoms with Crippen molar-refractivity contribution in [3.05, 3.63) is 24.9 Å². The third-order valence-corrected chi connectivity index (χ3v) is 0.624. The van der Waals surface area contributed by atoms with Crippen LogP contribution < -0.4 is 0 Å². The van der Waals surface area contributed by atoms with Gasteiger partial charge in [-0.25, -0.2) is 0 Å². The highest BCUT2D eigenvalue weighted by Crippen LogP contribution is 1.76. The van der Waals surface area contributed by atoms with Crippen LogP contribution in [0.1, 0.15) is 13.8 Å². The number of hydrogen-bond acceptors (Lipinski definition) is 1. The Kier molecular flexibility index (Phi) is 12.7. The molecule has 2 heteroatoms. The van der Waals surface area contributed by atoms with Crippen LogP contribution in [-0.4, -0.2) is 18.4 Å². The fourth-order valence-corrected chi connectivity index (χ4v) is 0.232. The first kappa shape index (κ1) is 11.7. The molecule has 0 aromatic heterocycles. The fraction of sp³-hybridized carbons (Fsp3) is 0.375. The second kappa shape index (κ2) is 10.8. The van der Waals surface area contributed by atoms with E-state index in [4.69, 9.17) is 0 Å². The molecule has 1 amide bonds. The van der Waals surface area contributed by atoms with Crippen LogP contribution in [-0.2, 0) is 4.79 Å². The Balaban J connectivity index is 0. The number of carbonyl (C=O) groups excluding carboxylic acids is 1. The molecule has 10 heavy (non-hydrogen) atoms. The molecule has 0 aliphatic rings. The summed E-state index contributed by atoms with van der Waals surface area (Å²) in [5, 5.41) is 0. The highest BCUT2D eigenvalue weighted by Gasteiger charge is 1.77. The van der Waals surface area contributed by atoms with Gasteiger partial charge in [-0.1, -0.05) is 26.5 Å². The summed E-state index contributed by atoms with van der Waals surface area (Å²) < 4.78 is 0. The maximum absolute atomic E-state index is 9.85. The predicted molar refractivity (Wildman–Crippen MR) is 44.5 cm³/mol. The van der Waals surface area contributed by atoms with Crippen molar-refractivity contribution in [2.75, 3.05) is 7.05 Å². The molecule has 0 aromatic rings. The van der Waals surface area contributed by atoms with Crippen LogP contribution in [0.5, 0.6) is 0 Å². The molecule has 0 unspecified atom stereocenters. The average molecular weight is 141 g/mol. The molecule has 0 aliphatic heterocycles. The van der Waals surface area contributed by atoms with Crippen LogP contribution in [0.3, 0.4) is 0 Å². The summed E-state index contributed by atoms with van der Waals surface area (Å²) in [7, 11) is 1.66. The minimum absolute atomic E-state index is 0.722. The summed E-state index contributed by atoms with van der Waals surface area (Å²) in [6.45, 7) is 7.44. The maximum atomic E-state index is 9.85. The molecular formula is C8H15NO. The standard InChI is InChI=1S/C6H9NO.C2H6/c1-3-4-5-7(2)6-8;1-2/h3-6H,1H2,2H3;1-2H3/b5-4+;. The Morgan fingerprint density at radius 1 is 1.40 bits per heavy atom. The highest BCUT2D eigenvalue weighted by molar-refractivity contribution is 5.48. The lowest BCUT2D eigenvalue weighted by atomic mass is 10.6. The van der Waals surface area contributed by atoms with Crippen molar-refractivity contribution in [1.29, 1.82) is 0 Å². The summed E-state index contributed by atoms with van der Waals surface area (Å²) in [5.74, 6) is 0. The van der Waals surface area contributed by atoms with Gasteiger partial charge in [0.15, 0.2) is 0 Å². The summed E-state index contributed by atoms with van der Waals surface area (Å²) in [4.78, 5) is 11.3. The van der Waals surface area contributed by atoms with Gasteiger partial charge >= 0.3 is 0 Å². The first-order chi connectivity index (χ1) is 4.81. The zero-order chi connectivity index (χ0) is 8.41. The second-order valence-corrected chi connectivity index (χ2v) is 1.35. The summed E-state index contributed by atoms with van der Waals surface area (Å²) in [5.41, 5.74) is 0. The molecule has 0 atom stereocenters. The van der Waals surface area contributed by atoms with Crippen molar-refractivity contribution in [2.24, 2.45) is 0 Å². The molecule has 0 aliphatic carbocycles. The molecule has 0 saturated heterocycles. The van der Waals surface area contributed by atoms with Crippen LogP contribution in [0.4, 0.5) is 0 Å². The predicted octanol–water partition coefficient (Wildman–Crippen LogP) is 1.80. The fourth-order valence-electron chi connectivity index (χ4n) is 0.232. The number of amides is 1. The van der Waals surface area contributed by atoms with E-state index in [0.717, 1.165) is 6.41 Å². The van der Waals surface area contributed by atoms with Gasteiger partial charge < -0.3 is 4.90 Å². The van der Waals surface area contributed by atoms with E-state index in [9.17, 15) is 4.79 Å². The number of nitrogens with zero attached hydrogens (tertiary/aromatic N) is 1. The lowest BCUT2D eigenvalue weighted by molar-refractivity contribution is -0.114. The maximum Gasteiger partial charge on any atom is 0.213 e. The largest absolute Gasteiger partial charge is 0.325 e. The van der Waals surface area contributed by atoms with E-state index in [2.05, 4.69) is 6.58 Å². The average Bonchev–Trinajstić information content (AvgIpc) is 2.04. The van der Waals surface area contributed by atoms with Gasteiger partial charge in [0.05, 0.1) is 0 Å². The zero-order valence-corrected chi connectivity index (χ0v) is 6.87. The zero-order valence-electron chi connectivity index (χ0n) is 6.87. The van der Waals surface area contributed by atoms with Gasteiger partial charge in [0, 0.05) is 13.2 Å². The Morgan fingerprint density at radius 2 is 1.90 bits per heavy atom. The Labute approximate surface area is 62.8 Å². The van der Waals surface area contributed by atoms with Crippen LogP contribution >= 0.6 is 0 Å². The molecule has 0 aromatic carbocycles. The third-order valence-electron chi connectivity index (χ3n) is 0.624. The minimum Gasteiger partial charge on any atom is -0.325 e. The minimum atomic E-state index is 0.722. The monoisotopic (exact) mass is 141 g/mol. The van der Waals surface area contributed by atoms with E-state index in [1.807, 2.05) is 13.8 Å². The van der Waals surface area contributed by atoms with Crippen LogP contribution in [0.2, 0.25) is 0 Å². The molecule has 0 saturated carbocycles. The molecule has 0 spiro atoms. The summed E-state index contributed by atoms with van der Waals surface area (Å²) in [6, 6.07) is 0. The molecular weight excluding hydrogens is 126 g/mol. The first-order valence-corrected chi connectivity index (χ1v) is 3.27. The van der Waals surface area contributed by atoms with Crippen LogP contribution in [0.15, 0.2) is 24.9 Å². The molecule has 0 fully saturated rings. The third kappa shape index (κ3) is 10.0. The van der Waals surface area contributed by atoms with E-state index in [-0.39, 0.29) is 0 Å². The van der Waals surface area contributed by atoms with Gasteiger partial charge in [0.2, 0.25) is 6.41 Å². The van der Waals surface area contributed by atoms with Gasteiger partial charge in [-0.05, 0) is 6.08 Å². The normalized spacial score (nSPS) is 7.90. The van der Waals surface area contributed by atoms with Gasteiger partial charge in [0.1, 0.15) is 0 Å². The topological polar surface area (TPSA) is 20.3 Å². The van der Waals surface area contributed by atoms with Crippen molar-refractivity contribution in [1.82, 2.24) is 4.90 Å². The van der Waals surface area contributed by atoms with E-state index < -0.39 is 0 Å². The highest BCUT2D eigenvalue weighted by atomic mass is 16.1. The van der Waals surface area contributed by atoms with Crippen molar-refractivity contribution in [2.45, 2.75) is 13.8 Å². The van der Waals surface area contributed by atoms with E-state index in [0.29, 0.717) is 0 Å². The number of allylic oxidation sites excluding steroid dienone is 2. The first-order valence-electron chi connectivity index (χ1n) is 3.27. The number of hydrogen-bond donors (Lipinski definition) is 0. The SMILES string of the molecule is C=C/C=C/N(C)C=O.CC. The Hall–Kier alpha value is -1.05. The Morgan fingerprint density at radius 3 is 2.20 bits per heavy atom. The molecule has 58 valence electrons. The molecule has 0 bridgehead atoms. The van der Waals surface area contributed by atoms with Crippen LogP contribution in [0.25, 0.3) is 0 Å². The lowest BCUT2D eigenvalue weighted by Crippen LogP contribution is -2.05.